The first kappa shape index (κ1) is 2610. The minimum absolute atomic E-state index is 0. The zero-order valence-corrected chi connectivity index (χ0v) is 20.9. The van der Waals surface area contributed by atoms with Gasteiger partial charge in [-0.2, -0.15) is 0 Å². The van der Waals surface area contributed by atoms with E-state index < -0.39 is 0 Å². The molecule has 0 saturated carbocycles. The summed E-state index contributed by atoms with van der Waals surface area (Å²) in [5.41, 5.74) is 0. The van der Waals surface area contributed by atoms with Gasteiger partial charge in [0.05, 0.1) is 0 Å². The van der Waals surface area contributed by atoms with E-state index in [0.717, 1.165) is 0 Å². The first-order valence-corrected chi connectivity index (χ1v) is 0. The summed E-state index contributed by atoms with van der Waals surface area (Å²) >= 11 is 0. The van der Waals surface area contributed by atoms with Crippen LogP contribution in [-0.4, -0.2) is 82.1 Å². The predicted octanol–water partition coefficient (Wildman–Crippen LogP) is -11.3. The normalized spacial score (nSPS) is 0. The molecule has 23 heavy (non-hydrogen) atoms. The Balaban J connectivity index is 0. The van der Waals surface area contributed by atoms with Crippen molar-refractivity contribution in [3.63, 3.8) is 0 Å². The van der Waals surface area contributed by atoms with Crippen molar-refractivity contribution in [2.75, 3.05) is 0 Å². The van der Waals surface area contributed by atoms with Crippen LogP contribution >= 0.6 is 0 Å². The molecular formula is H42Mo2N3O15V3+3. The summed E-state index contributed by atoms with van der Waals surface area (Å²) < 4.78 is 0. The third-order valence-corrected chi connectivity index (χ3v) is 0. The van der Waals surface area contributed by atoms with Crippen LogP contribution in [0, 0.1) is 0 Å². The van der Waals surface area contributed by atoms with Gasteiger partial charge in [-0.1, -0.05) is 0 Å². The summed E-state index contributed by atoms with van der Waals surface area (Å²) in [4.78, 5) is 0. The van der Waals surface area contributed by atoms with E-state index in [1.165, 1.54) is 0 Å². The molecular weight excluding hydrogens is 627 g/mol. The molecule has 23 heteroatoms. The van der Waals surface area contributed by atoms with Crippen molar-refractivity contribution in [2.24, 2.45) is 0 Å². The molecule has 0 aliphatic heterocycles. The van der Waals surface area contributed by atoms with Crippen molar-refractivity contribution in [1.82, 2.24) is 18.5 Å². The van der Waals surface area contributed by atoms with E-state index in [1.807, 2.05) is 0 Å². The SMILES string of the molecule is O.O.O.O.O.O.O.O.O.O.O.O.O.O.O.[Mo].[Mo].[NH4+].[NH4+].[NH4+].[V].[V].[V]. The van der Waals surface area contributed by atoms with Gasteiger partial charge in [0.15, 0.2) is 0 Å². The smallest absolute Gasteiger partial charge is 0 e. The molecule has 0 atom stereocenters. The van der Waals surface area contributed by atoms with Crippen molar-refractivity contribution < 1.29 is 180 Å². The molecule has 0 heterocycles. The molecule has 0 aliphatic carbocycles. The summed E-state index contributed by atoms with van der Waals surface area (Å²) in [5.74, 6) is 0. The van der Waals surface area contributed by atoms with E-state index in [1.54, 1.807) is 0 Å². The van der Waals surface area contributed by atoms with Gasteiger partial charge in [0.1, 0.15) is 0 Å². The van der Waals surface area contributed by atoms with E-state index in [-0.39, 0.29) is 198 Å². The van der Waals surface area contributed by atoms with Crippen LogP contribution < -0.4 is 18.5 Å². The van der Waals surface area contributed by atoms with Crippen molar-refractivity contribution >= 4 is 0 Å². The quantitative estimate of drug-likeness (QED) is 0.202. The van der Waals surface area contributed by atoms with Crippen LogP contribution in [0.5, 0.6) is 0 Å². The molecule has 0 aliphatic rings. The van der Waals surface area contributed by atoms with Gasteiger partial charge in [-0.25, -0.2) is 0 Å². The molecule has 0 bridgehead atoms. The van der Waals surface area contributed by atoms with Gasteiger partial charge in [-0.05, 0) is 0 Å². The standard InChI is InChI=1S/2Mo.3H3N.15H2O.3V/h;;3*1H3;15*1H2;;;/p+3. The zero-order valence-electron chi connectivity index (χ0n) is 12.7. The topological polar surface area (TPSA) is 582 Å². The van der Waals surface area contributed by atoms with E-state index in [2.05, 4.69) is 0 Å². The molecule has 0 spiro atoms. The molecule has 0 aromatic carbocycles. The second kappa shape index (κ2) is 2300. The first-order chi connectivity index (χ1) is 0. The van der Waals surface area contributed by atoms with Crippen LogP contribution in [-0.2, 0) is 97.8 Å². The monoisotopic (exact) mass is 673 g/mol. The Morgan fingerprint density at radius 2 is 0.174 bits per heavy atom. The fraction of sp³-hybridized carbons (Fsp3) is 0. The summed E-state index contributed by atoms with van der Waals surface area (Å²) in [6.45, 7) is 0. The Morgan fingerprint density at radius 1 is 0.174 bits per heavy atom. The Labute approximate surface area is 197 Å². The number of hydrogen-bond donors (Lipinski definition) is 3. The van der Waals surface area contributed by atoms with Gasteiger partial charge in [-0.15, -0.1) is 0 Å². The fourth-order valence-corrected chi connectivity index (χ4v) is 0. The van der Waals surface area contributed by atoms with Crippen LogP contribution in [0.15, 0.2) is 0 Å². The largest absolute Gasteiger partial charge is 0.412 e. The zero-order chi connectivity index (χ0) is 0. The molecule has 42 N–H and O–H groups in total. The van der Waals surface area contributed by atoms with Gasteiger partial charge in [0.25, 0.3) is 0 Å². The van der Waals surface area contributed by atoms with Crippen LogP contribution in [0.3, 0.4) is 0 Å². The van der Waals surface area contributed by atoms with Gasteiger partial charge in [-0.3, -0.25) is 0 Å². The summed E-state index contributed by atoms with van der Waals surface area (Å²) in [6, 6.07) is 0. The van der Waals surface area contributed by atoms with Gasteiger partial charge in [0, 0.05) is 97.8 Å². The maximum Gasteiger partial charge on any atom is 0 e. The molecule has 0 aromatic rings. The van der Waals surface area contributed by atoms with Crippen LogP contribution in [0.25, 0.3) is 0 Å². The van der Waals surface area contributed by atoms with E-state index in [4.69, 9.17) is 0 Å². The Bertz CT molecular complexity index is 33.9. The maximum atomic E-state index is 0. The molecule has 0 rings (SSSR count). The Hall–Kier alpha value is 2.41. The second-order valence-electron chi connectivity index (χ2n) is 0. The Kier molecular flexibility index (Phi) is 261000. The van der Waals surface area contributed by atoms with Gasteiger partial charge >= 0.3 is 0 Å². The van der Waals surface area contributed by atoms with Gasteiger partial charge < -0.3 is 101 Å². The first-order valence-electron chi connectivity index (χ1n) is 0. The van der Waals surface area contributed by atoms with Crippen LogP contribution in [0.1, 0.15) is 0 Å². The average molecular weight is 669 g/mol. The molecule has 0 fully saturated rings. The molecule has 0 unspecified atom stereocenters. The van der Waals surface area contributed by atoms with E-state index in [0.29, 0.717) is 0 Å². The summed E-state index contributed by atoms with van der Waals surface area (Å²) in [6.07, 6.45) is 0. The number of hydrogen-bond acceptors (Lipinski definition) is 0. The van der Waals surface area contributed by atoms with Crippen LogP contribution in [0.2, 0.25) is 0 Å². The maximum absolute atomic E-state index is 0. The van der Waals surface area contributed by atoms with Crippen molar-refractivity contribution in [2.45, 2.75) is 0 Å². The minimum atomic E-state index is 0. The van der Waals surface area contributed by atoms with E-state index >= 15 is 0 Å². The minimum Gasteiger partial charge on any atom is -0.412 e. The third-order valence-electron chi connectivity index (χ3n) is 0. The average Bonchev–Trinajstić information content (AvgIpc) is 0. The van der Waals surface area contributed by atoms with Crippen molar-refractivity contribution in [3.8, 4) is 0 Å². The van der Waals surface area contributed by atoms with Crippen molar-refractivity contribution in [1.29, 1.82) is 0 Å². The molecule has 0 aromatic heterocycles. The van der Waals surface area contributed by atoms with E-state index in [9.17, 15) is 0 Å². The molecule has 0 saturated heterocycles. The molecule has 18 nitrogen and oxygen atoms in total. The van der Waals surface area contributed by atoms with Crippen molar-refractivity contribution in [3.05, 3.63) is 0 Å². The Morgan fingerprint density at radius 3 is 0.174 bits per heavy atom. The second-order valence-corrected chi connectivity index (χ2v) is 0. The molecule has 3 radical (unpaired) electrons. The molecule has 171 valence electrons. The third kappa shape index (κ3) is 2110. The van der Waals surface area contributed by atoms with Gasteiger partial charge in [0.2, 0.25) is 0 Å². The molecule has 0 amide bonds. The number of quaternary nitrogens is 3. The van der Waals surface area contributed by atoms with Crippen LogP contribution in [0.4, 0.5) is 0 Å². The fourth-order valence-electron chi connectivity index (χ4n) is 0. The number of rotatable bonds is 0. The summed E-state index contributed by atoms with van der Waals surface area (Å²) in [7, 11) is 0. The predicted molar refractivity (Wildman–Crippen MR) is 72.2 cm³/mol. The summed E-state index contributed by atoms with van der Waals surface area (Å²) in [5, 5.41) is 0.